The summed E-state index contributed by atoms with van der Waals surface area (Å²) < 4.78 is 0. The van der Waals surface area contributed by atoms with E-state index in [1.165, 1.54) is 6.33 Å². The van der Waals surface area contributed by atoms with Crippen LogP contribution in [0.25, 0.3) is 0 Å². The summed E-state index contributed by atoms with van der Waals surface area (Å²) in [5.41, 5.74) is 1.41. The largest absolute Gasteiger partial charge is 0.366 e. The maximum Gasteiger partial charge on any atom is 0.270 e. The van der Waals surface area contributed by atoms with Crippen molar-refractivity contribution >= 4 is 11.7 Å². The van der Waals surface area contributed by atoms with E-state index in [2.05, 4.69) is 39.4 Å². The van der Waals surface area contributed by atoms with Crippen LogP contribution in [0.3, 0.4) is 0 Å². The fraction of sp³-hybridized carbons (Fsp3) is 0.375. The third-order valence-electron chi connectivity index (χ3n) is 3.10. The molecule has 0 radical (unpaired) electrons. The van der Waals surface area contributed by atoms with Crippen molar-refractivity contribution in [2.24, 2.45) is 5.92 Å². The van der Waals surface area contributed by atoms with Gasteiger partial charge in [0.2, 0.25) is 0 Å². The second-order valence-corrected chi connectivity index (χ2v) is 5.44. The first-order valence-electron chi connectivity index (χ1n) is 7.38. The molecular weight excluding hydrogens is 278 g/mol. The van der Waals surface area contributed by atoms with E-state index >= 15 is 0 Å². The maximum absolute atomic E-state index is 12.0. The summed E-state index contributed by atoms with van der Waals surface area (Å²) >= 11 is 0. The number of hydrogen-bond acceptors (Lipinski definition) is 5. The van der Waals surface area contributed by atoms with E-state index in [1.54, 1.807) is 18.5 Å². The van der Waals surface area contributed by atoms with Crippen molar-refractivity contribution in [2.45, 2.75) is 26.8 Å². The molecule has 0 aliphatic rings. The SMILES string of the molecule is CC(C)CCNC(=O)c1cc(NCc2cccnc2)ncn1. The number of hydrogen-bond donors (Lipinski definition) is 2. The summed E-state index contributed by atoms with van der Waals surface area (Å²) in [6.07, 6.45) is 5.85. The molecule has 0 saturated heterocycles. The highest BCUT2D eigenvalue weighted by Crippen LogP contribution is 2.07. The number of carbonyl (C=O) groups is 1. The predicted octanol–water partition coefficient (Wildman–Crippen LogP) is 2.26. The van der Waals surface area contributed by atoms with Crippen molar-refractivity contribution < 1.29 is 4.79 Å². The maximum atomic E-state index is 12.0. The smallest absolute Gasteiger partial charge is 0.270 e. The summed E-state index contributed by atoms with van der Waals surface area (Å²) in [7, 11) is 0. The zero-order valence-electron chi connectivity index (χ0n) is 12.9. The van der Waals surface area contributed by atoms with Crippen molar-refractivity contribution in [1.82, 2.24) is 20.3 Å². The van der Waals surface area contributed by atoms with Gasteiger partial charge in [-0.15, -0.1) is 0 Å². The van der Waals surface area contributed by atoms with E-state index in [0.29, 0.717) is 30.5 Å². The molecule has 6 nitrogen and oxygen atoms in total. The molecule has 0 bridgehead atoms. The molecule has 6 heteroatoms. The molecule has 1 amide bonds. The van der Waals surface area contributed by atoms with Gasteiger partial charge >= 0.3 is 0 Å². The Morgan fingerprint density at radius 1 is 1.32 bits per heavy atom. The number of carbonyl (C=O) groups excluding carboxylic acids is 1. The summed E-state index contributed by atoms with van der Waals surface area (Å²) in [6.45, 7) is 5.49. The van der Waals surface area contributed by atoms with Crippen molar-refractivity contribution in [2.75, 3.05) is 11.9 Å². The Balaban J connectivity index is 1.90. The summed E-state index contributed by atoms with van der Waals surface area (Å²) in [6, 6.07) is 5.51. The predicted molar refractivity (Wildman–Crippen MR) is 85.4 cm³/mol. The molecule has 0 saturated carbocycles. The lowest BCUT2D eigenvalue weighted by molar-refractivity contribution is 0.0947. The van der Waals surface area contributed by atoms with Crippen LogP contribution in [0.1, 0.15) is 36.3 Å². The molecule has 2 heterocycles. The van der Waals surface area contributed by atoms with Crippen molar-refractivity contribution in [3.8, 4) is 0 Å². The zero-order chi connectivity index (χ0) is 15.8. The molecule has 0 aliphatic carbocycles. The first-order chi connectivity index (χ1) is 10.6. The van der Waals surface area contributed by atoms with Gasteiger partial charge in [0.25, 0.3) is 5.91 Å². The van der Waals surface area contributed by atoms with Crippen LogP contribution in [-0.2, 0) is 6.54 Å². The standard InChI is InChI=1S/C16H21N5O/c1-12(2)5-7-18-16(22)14-8-15(21-11-20-14)19-10-13-4-3-6-17-9-13/h3-4,6,8-9,11-12H,5,7,10H2,1-2H3,(H,18,22)(H,19,20,21). The van der Waals surface area contributed by atoms with E-state index in [4.69, 9.17) is 0 Å². The summed E-state index contributed by atoms with van der Waals surface area (Å²) in [5.74, 6) is 1.00. The van der Waals surface area contributed by atoms with E-state index in [9.17, 15) is 4.79 Å². The van der Waals surface area contributed by atoms with Gasteiger partial charge in [-0.1, -0.05) is 19.9 Å². The van der Waals surface area contributed by atoms with Crippen LogP contribution in [0.15, 0.2) is 36.9 Å². The van der Waals surface area contributed by atoms with Crippen molar-refractivity contribution in [3.05, 3.63) is 48.2 Å². The molecule has 22 heavy (non-hydrogen) atoms. The van der Waals surface area contributed by atoms with Gasteiger partial charge < -0.3 is 10.6 Å². The van der Waals surface area contributed by atoms with Gasteiger partial charge in [-0.25, -0.2) is 9.97 Å². The Morgan fingerprint density at radius 3 is 2.91 bits per heavy atom. The third kappa shape index (κ3) is 5.12. The van der Waals surface area contributed by atoms with Crippen molar-refractivity contribution in [3.63, 3.8) is 0 Å². The Bertz CT molecular complexity index is 600. The number of aromatic nitrogens is 3. The lowest BCUT2D eigenvalue weighted by atomic mass is 10.1. The molecule has 2 aromatic rings. The average Bonchev–Trinajstić information content (AvgIpc) is 2.54. The summed E-state index contributed by atoms with van der Waals surface area (Å²) in [5, 5.41) is 6.02. The number of rotatable bonds is 7. The molecule has 0 aliphatic heterocycles. The average molecular weight is 299 g/mol. The first-order valence-corrected chi connectivity index (χ1v) is 7.38. The Hall–Kier alpha value is -2.50. The van der Waals surface area contributed by atoms with Crippen LogP contribution < -0.4 is 10.6 Å². The molecular formula is C16H21N5O. The van der Waals surface area contributed by atoms with Crippen LogP contribution in [0.5, 0.6) is 0 Å². The Kier molecular flexibility index (Phi) is 5.82. The molecule has 2 N–H and O–H groups in total. The van der Waals surface area contributed by atoms with Crippen LogP contribution >= 0.6 is 0 Å². The number of amides is 1. The molecule has 0 fully saturated rings. The lowest BCUT2D eigenvalue weighted by Crippen LogP contribution is -2.26. The molecule has 116 valence electrons. The number of nitrogens with one attached hydrogen (secondary N) is 2. The lowest BCUT2D eigenvalue weighted by Gasteiger charge is -2.08. The van der Waals surface area contributed by atoms with Crippen LogP contribution in [0.4, 0.5) is 5.82 Å². The number of pyridine rings is 1. The molecule has 2 aromatic heterocycles. The van der Waals surface area contributed by atoms with E-state index < -0.39 is 0 Å². The number of anilines is 1. The van der Waals surface area contributed by atoms with Gasteiger partial charge in [0.1, 0.15) is 17.8 Å². The van der Waals surface area contributed by atoms with Gasteiger partial charge in [0.05, 0.1) is 0 Å². The Labute approximate surface area is 130 Å². The van der Waals surface area contributed by atoms with E-state index in [0.717, 1.165) is 12.0 Å². The minimum atomic E-state index is -0.174. The quantitative estimate of drug-likeness (QED) is 0.819. The van der Waals surface area contributed by atoms with Gasteiger partial charge in [-0.3, -0.25) is 9.78 Å². The second-order valence-electron chi connectivity index (χ2n) is 5.44. The molecule has 2 rings (SSSR count). The second kappa shape index (κ2) is 8.07. The minimum absolute atomic E-state index is 0.174. The molecule has 0 aromatic carbocycles. The van der Waals surface area contributed by atoms with Crippen LogP contribution in [0.2, 0.25) is 0 Å². The minimum Gasteiger partial charge on any atom is -0.366 e. The fourth-order valence-corrected chi connectivity index (χ4v) is 1.84. The van der Waals surface area contributed by atoms with E-state index in [1.807, 2.05) is 12.1 Å². The Morgan fingerprint density at radius 2 is 2.18 bits per heavy atom. The highest BCUT2D eigenvalue weighted by atomic mass is 16.1. The van der Waals surface area contributed by atoms with Crippen molar-refractivity contribution in [1.29, 1.82) is 0 Å². The molecule has 0 atom stereocenters. The first kappa shape index (κ1) is 15.9. The zero-order valence-corrected chi connectivity index (χ0v) is 12.9. The van der Waals surface area contributed by atoms with Crippen LogP contribution in [-0.4, -0.2) is 27.4 Å². The third-order valence-corrected chi connectivity index (χ3v) is 3.10. The monoisotopic (exact) mass is 299 g/mol. The number of nitrogens with zero attached hydrogens (tertiary/aromatic N) is 3. The fourth-order valence-electron chi connectivity index (χ4n) is 1.84. The van der Waals surface area contributed by atoms with Gasteiger partial charge in [-0.05, 0) is 24.0 Å². The van der Waals surface area contributed by atoms with E-state index in [-0.39, 0.29) is 5.91 Å². The highest BCUT2D eigenvalue weighted by molar-refractivity contribution is 5.92. The summed E-state index contributed by atoms with van der Waals surface area (Å²) in [4.78, 5) is 24.2. The topological polar surface area (TPSA) is 79.8 Å². The highest BCUT2D eigenvalue weighted by Gasteiger charge is 2.08. The molecule has 0 spiro atoms. The van der Waals surface area contributed by atoms with Crippen LogP contribution in [0, 0.1) is 5.92 Å². The normalized spacial score (nSPS) is 10.5. The molecule has 0 unspecified atom stereocenters. The van der Waals surface area contributed by atoms with Gasteiger partial charge in [0.15, 0.2) is 0 Å². The van der Waals surface area contributed by atoms with Gasteiger partial charge in [0, 0.05) is 31.5 Å². The van der Waals surface area contributed by atoms with Gasteiger partial charge in [-0.2, -0.15) is 0 Å².